The lowest BCUT2D eigenvalue weighted by atomic mass is 10.3. The highest BCUT2D eigenvalue weighted by molar-refractivity contribution is 5.67. The number of hydrogen-bond donors (Lipinski definition) is 2. The summed E-state index contributed by atoms with van der Waals surface area (Å²) in [6.07, 6.45) is -0.469. The Morgan fingerprint density at radius 2 is 2.07 bits per heavy atom. The minimum absolute atomic E-state index is 0.0455. The second kappa shape index (κ2) is 8.49. The number of aliphatic hydroxyl groups excluding tert-OH is 1. The number of likely N-dealkylation sites (N-methyl/N-ethyl adjacent to an activating group) is 1. The Morgan fingerprint density at radius 3 is 2.53 bits per heavy atom. The van der Waals surface area contributed by atoms with Crippen molar-refractivity contribution in [2.45, 2.75) is 26.8 Å². The zero-order valence-electron chi connectivity index (χ0n) is 9.82. The van der Waals surface area contributed by atoms with Gasteiger partial charge in [0.1, 0.15) is 6.61 Å². The summed E-state index contributed by atoms with van der Waals surface area (Å²) in [6.45, 7) is 8.74. The van der Waals surface area contributed by atoms with Gasteiger partial charge in [-0.25, -0.2) is 4.79 Å². The molecule has 5 nitrogen and oxygen atoms in total. The summed E-state index contributed by atoms with van der Waals surface area (Å²) in [4.78, 5) is 13.3. The quantitative estimate of drug-likeness (QED) is 0.650. The van der Waals surface area contributed by atoms with Crippen LogP contribution in [0.4, 0.5) is 4.79 Å². The molecule has 0 aromatic carbocycles. The third kappa shape index (κ3) is 7.16. The number of amides is 1. The van der Waals surface area contributed by atoms with Crippen molar-refractivity contribution >= 4 is 6.09 Å². The summed E-state index contributed by atoms with van der Waals surface area (Å²) in [5, 5.41) is 11.2. The first-order chi connectivity index (χ1) is 7.13. The maximum Gasteiger partial charge on any atom is 0.407 e. The van der Waals surface area contributed by atoms with Gasteiger partial charge in [-0.15, -0.1) is 0 Å². The molecule has 0 spiro atoms. The van der Waals surface area contributed by atoms with Crippen LogP contribution < -0.4 is 5.32 Å². The SMILES string of the molecule is CCN(CC)CC(C)NC(=O)OCCO. The van der Waals surface area contributed by atoms with Crippen molar-refractivity contribution in [3.8, 4) is 0 Å². The monoisotopic (exact) mass is 218 g/mol. The van der Waals surface area contributed by atoms with Crippen LogP contribution in [-0.4, -0.2) is 55.0 Å². The smallest absolute Gasteiger partial charge is 0.407 e. The van der Waals surface area contributed by atoms with Gasteiger partial charge in [0.25, 0.3) is 0 Å². The van der Waals surface area contributed by atoms with Crippen LogP contribution in [0, 0.1) is 0 Å². The van der Waals surface area contributed by atoms with E-state index < -0.39 is 6.09 Å². The van der Waals surface area contributed by atoms with Crippen molar-refractivity contribution in [1.29, 1.82) is 0 Å². The van der Waals surface area contributed by atoms with E-state index in [4.69, 9.17) is 9.84 Å². The molecule has 0 saturated heterocycles. The molecule has 5 heteroatoms. The zero-order valence-corrected chi connectivity index (χ0v) is 9.82. The fraction of sp³-hybridized carbons (Fsp3) is 0.900. The van der Waals surface area contributed by atoms with Crippen LogP contribution in [0.1, 0.15) is 20.8 Å². The predicted molar refractivity (Wildman–Crippen MR) is 58.8 cm³/mol. The van der Waals surface area contributed by atoms with E-state index in [1.807, 2.05) is 6.92 Å². The Kier molecular flexibility index (Phi) is 8.04. The van der Waals surface area contributed by atoms with Gasteiger partial charge >= 0.3 is 6.09 Å². The van der Waals surface area contributed by atoms with Crippen LogP contribution in [0.15, 0.2) is 0 Å². The van der Waals surface area contributed by atoms with Crippen molar-refractivity contribution in [3.63, 3.8) is 0 Å². The topological polar surface area (TPSA) is 61.8 Å². The fourth-order valence-electron chi connectivity index (χ4n) is 1.30. The van der Waals surface area contributed by atoms with E-state index in [9.17, 15) is 4.79 Å². The van der Waals surface area contributed by atoms with E-state index >= 15 is 0 Å². The van der Waals surface area contributed by atoms with Gasteiger partial charge in [-0.1, -0.05) is 13.8 Å². The number of rotatable bonds is 7. The maximum atomic E-state index is 11.1. The number of carbonyl (C=O) groups excluding carboxylic acids is 1. The molecule has 0 aliphatic heterocycles. The van der Waals surface area contributed by atoms with E-state index in [0.717, 1.165) is 19.6 Å². The molecule has 1 amide bonds. The zero-order chi connectivity index (χ0) is 11.7. The Bertz CT molecular complexity index is 172. The number of ether oxygens (including phenoxy) is 1. The normalized spacial score (nSPS) is 12.6. The van der Waals surface area contributed by atoms with E-state index in [0.29, 0.717) is 0 Å². The summed E-state index contributed by atoms with van der Waals surface area (Å²) in [5.74, 6) is 0. The molecule has 90 valence electrons. The molecule has 0 rings (SSSR count). The number of aliphatic hydroxyl groups is 1. The molecule has 2 N–H and O–H groups in total. The maximum absolute atomic E-state index is 11.1. The van der Waals surface area contributed by atoms with E-state index in [1.165, 1.54) is 0 Å². The van der Waals surface area contributed by atoms with E-state index in [2.05, 4.69) is 24.1 Å². The van der Waals surface area contributed by atoms with Crippen molar-refractivity contribution in [2.24, 2.45) is 0 Å². The van der Waals surface area contributed by atoms with Crippen LogP contribution in [0.5, 0.6) is 0 Å². The molecule has 1 atom stereocenters. The van der Waals surface area contributed by atoms with Gasteiger partial charge in [0.05, 0.1) is 6.61 Å². The van der Waals surface area contributed by atoms with Crippen molar-refractivity contribution in [1.82, 2.24) is 10.2 Å². The molecule has 0 aromatic heterocycles. The fourth-order valence-corrected chi connectivity index (χ4v) is 1.30. The van der Waals surface area contributed by atoms with Gasteiger partial charge in [-0.3, -0.25) is 0 Å². The molecule has 0 aromatic rings. The first-order valence-electron chi connectivity index (χ1n) is 5.40. The van der Waals surface area contributed by atoms with Gasteiger partial charge in [0.15, 0.2) is 0 Å². The van der Waals surface area contributed by atoms with Gasteiger partial charge in [-0.05, 0) is 20.0 Å². The van der Waals surface area contributed by atoms with Crippen molar-refractivity contribution < 1.29 is 14.6 Å². The predicted octanol–water partition coefficient (Wildman–Crippen LogP) is 0.435. The van der Waals surface area contributed by atoms with Gasteiger partial charge in [0.2, 0.25) is 0 Å². The Labute approximate surface area is 91.4 Å². The average Bonchev–Trinajstić information content (AvgIpc) is 2.22. The Morgan fingerprint density at radius 1 is 1.47 bits per heavy atom. The molecule has 0 radical (unpaired) electrons. The third-order valence-electron chi connectivity index (χ3n) is 2.12. The molecule has 0 aliphatic carbocycles. The summed E-state index contributed by atoms with van der Waals surface area (Å²) in [5.41, 5.74) is 0. The molecular weight excluding hydrogens is 196 g/mol. The van der Waals surface area contributed by atoms with Crippen molar-refractivity contribution in [2.75, 3.05) is 32.8 Å². The number of nitrogens with one attached hydrogen (secondary N) is 1. The number of nitrogens with zero attached hydrogens (tertiary/aromatic N) is 1. The first-order valence-corrected chi connectivity index (χ1v) is 5.40. The third-order valence-corrected chi connectivity index (χ3v) is 2.12. The summed E-state index contributed by atoms with van der Waals surface area (Å²) < 4.78 is 4.69. The molecule has 1 unspecified atom stereocenters. The minimum atomic E-state index is -0.469. The second-order valence-electron chi connectivity index (χ2n) is 3.39. The van der Waals surface area contributed by atoms with Crippen LogP contribution >= 0.6 is 0 Å². The highest BCUT2D eigenvalue weighted by Gasteiger charge is 2.10. The molecule has 15 heavy (non-hydrogen) atoms. The van der Waals surface area contributed by atoms with Gasteiger partial charge < -0.3 is 20.1 Å². The Hall–Kier alpha value is -0.810. The first kappa shape index (κ1) is 14.2. The summed E-state index contributed by atoms with van der Waals surface area (Å²) in [6, 6.07) is 0.0519. The largest absolute Gasteiger partial charge is 0.447 e. The molecule has 0 bridgehead atoms. The number of carbonyl (C=O) groups is 1. The molecular formula is C10H22N2O3. The highest BCUT2D eigenvalue weighted by atomic mass is 16.6. The van der Waals surface area contributed by atoms with E-state index in [-0.39, 0.29) is 19.3 Å². The molecule has 0 fully saturated rings. The number of hydrogen-bond acceptors (Lipinski definition) is 4. The standard InChI is InChI=1S/C10H22N2O3/c1-4-12(5-2)8-9(3)11-10(14)15-7-6-13/h9,13H,4-8H2,1-3H3,(H,11,14). The lowest BCUT2D eigenvalue weighted by Gasteiger charge is -2.23. The second-order valence-corrected chi connectivity index (χ2v) is 3.39. The van der Waals surface area contributed by atoms with Gasteiger partial charge in [0, 0.05) is 12.6 Å². The number of alkyl carbamates (subject to hydrolysis) is 1. The minimum Gasteiger partial charge on any atom is -0.447 e. The highest BCUT2D eigenvalue weighted by Crippen LogP contribution is 1.92. The summed E-state index contributed by atoms with van der Waals surface area (Å²) >= 11 is 0. The average molecular weight is 218 g/mol. The van der Waals surface area contributed by atoms with Crippen LogP contribution in [-0.2, 0) is 4.74 Å². The molecule has 0 heterocycles. The van der Waals surface area contributed by atoms with Crippen LogP contribution in [0.3, 0.4) is 0 Å². The molecule has 0 saturated carbocycles. The van der Waals surface area contributed by atoms with Crippen molar-refractivity contribution in [3.05, 3.63) is 0 Å². The van der Waals surface area contributed by atoms with Crippen LogP contribution in [0.2, 0.25) is 0 Å². The van der Waals surface area contributed by atoms with Crippen LogP contribution in [0.25, 0.3) is 0 Å². The summed E-state index contributed by atoms with van der Waals surface area (Å²) in [7, 11) is 0. The molecule has 0 aliphatic rings. The lowest BCUT2D eigenvalue weighted by molar-refractivity contribution is 0.114. The lowest BCUT2D eigenvalue weighted by Crippen LogP contribution is -2.42. The Balaban J connectivity index is 3.71. The van der Waals surface area contributed by atoms with Gasteiger partial charge in [-0.2, -0.15) is 0 Å². The van der Waals surface area contributed by atoms with E-state index in [1.54, 1.807) is 0 Å².